The Bertz CT molecular complexity index is 267. The van der Waals surface area contributed by atoms with Gasteiger partial charge >= 0.3 is 0 Å². The number of nitrogens with two attached hydrogens (primary N) is 1. The van der Waals surface area contributed by atoms with Crippen LogP contribution in [0, 0.1) is 0 Å². The molecule has 0 aliphatic rings. The van der Waals surface area contributed by atoms with Crippen LogP contribution < -0.4 is 15.8 Å². The third-order valence-electron chi connectivity index (χ3n) is 1.72. The second kappa shape index (κ2) is 6.15. The van der Waals surface area contributed by atoms with Crippen molar-refractivity contribution in [2.75, 3.05) is 25.5 Å². The fourth-order valence-electron chi connectivity index (χ4n) is 0.961. The number of unbranched alkanes of at least 4 members (excludes halogenated alkanes) is 1. The highest BCUT2D eigenvalue weighted by Gasteiger charge is 1.97. The molecule has 5 nitrogen and oxygen atoms in total. The molecular formula is C9H16N4O. The number of anilines is 1. The summed E-state index contributed by atoms with van der Waals surface area (Å²) in [5, 5.41) is 2.90. The third kappa shape index (κ3) is 3.57. The highest BCUT2D eigenvalue weighted by Crippen LogP contribution is 2.08. The van der Waals surface area contributed by atoms with Gasteiger partial charge in [-0.2, -0.15) is 4.98 Å². The first-order valence-electron chi connectivity index (χ1n) is 4.69. The SMILES string of the molecule is CNc1cncc(OCCCCN)n1. The first-order chi connectivity index (χ1) is 6.86. The zero-order valence-corrected chi connectivity index (χ0v) is 8.36. The average Bonchev–Trinajstić information content (AvgIpc) is 2.25. The molecule has 1 aromatic heterocycles. The third-order valence-corrected chi connectivity index (χ3v) is 1.72. The van der Waals surface area contributed by atoms with Crippen molar-refractivity contribution in [1.82, 2.24) is 9.97 Å². The molecular weight excluding hydrogens is 180 g/mol. The maximum atomic E-state index is 5.38. The number of nitrogens with zero attached hydrogens (tertiary/aromatic N) is 2. The van der Waals surface area contributed by atoms with Crippen LogP contribution in [-0.4, -0.2) is 30.2 Å². The lowest BCUT2D eigenvalue weighted by molar-refractivity contribution is 0.295. The molecule has 1 heterocycles. The van der Waals surface area contributed by atoms with E-state index in [-0.39, 0.29) is 0 Å². The van der Waals surface area contributed by atoms with Gasteiger partial charge in [-0.1, -0.05) is 0 Å². The monoisotopic (exact) mass is 196 g/mol. The van der Waals surface area contributed by atoms with Gasteiger partial charge in [0.25, 0.3) is 0 Å². The zero-order valence-electron chi connectivity index (χ0n) is 8.36. The van der Waals surface area contributed by atoms with Crippen molar-refractivity contribution in [2.45, 2.75) is 12.8 Å². The smallest absolute Gasteiger partial charge is 0.234 e. The van der Waals surface area contributed by atoms with E-state index < -0.39 is 0 Å². The van der Waals surface area contributed by atoms with Crippen LogP contribution in [0.5, 0.6) is 5.88 Å². The van der Waals surface area contributed by atoms with E-state index in [1.54, 1.807) is 19.4 Å². The van der Waals surface area contributed by atoms with Crippen molar-refractivity contribution in [3.8, 4) is 5.88 Å². The molecule has 0 aromatic carbocycles. The fraction of sp³-hybridized carbons (Fsp3) is 0.556. The lowest BCUT2D eigenvalue weighted by atomic mass is 10.3. The largest absolute Gasteiger partial charge is 0.477 e. The Morgan fingerprint density at radius 2 is 2.29 bits per heavy atom. The highest BCUT2D eigenvalue weighted by molar-refractivity contribution is 5.31. The molecule has 14 heavy (non-hydrogen) atoms. The van der Waals surface area contributed by atoms with E-state index in [2.05, 4.69) is 15.3 Å². The van der Waals surface area contributed by atoms with Crippen LogP contribution in [0.15, 0.2) is 12.4 Å². The van der Waals surface area contributed by atoms with E-state index in [0.29, 0.717) is 24.8 Å². The molecule has 0 bridgehead atoms. The standard InChI is InChI=1S/C9H16N4O/c1-11-8-6-12-7-9(13-8)14-5-3-2-4-10/h6-7H,2-5,10H2,1H3,(H,11,13). The molecule has 3 N–H and O–H groups in total. The fourth-order valence-corrected chi connectivity index (χ4v) is 0.961. The predicted molar refractivity (Wildman–Crippen MR) is 55.4 cm³/mol. The molecule has 1 rings (SSSR count). The topological polar surface area (TPSA) is 73.1 Å². The van der Waals surface area contributed by atoms with Crippen molar-refractivity contribution >= 4 is 5.82 Å². The zero-order chi connectivity index (χ0) is 10.2. The highest BCUT2D eigenvalue weighted by atomic mass is 16.5. The van der Waals surface area contributed by atoms with Crippen LogP contribution in [0.1, 0.15) is 12.8 Å². The minimum absolute atomic E-state index is 0.550. The molecule has 0 unspecified atom stereocenters. The van der Waals surface area contributed by atoms with E-state index in [0.717, 1.165) is 12.8 Å². The number of hydrogen-bond donors (Lipinski definition) is 2. The van der Waals surface area contributed by atoms with Crippen LogP contribution >= 0.6 is 0 Å². The van der Waals surface area contributed by atoms with Crippen LogP contribution in [0.3, 0.4) is 0 Å². The van der Waals surface area contributed by atoms with Crippen LogP contribution in [0.25, 0.3) is 0 Å². The number of nitrogens with one attached hydrogen (secondary N) is 1. The Hall–Kier alpha value is -1.36. The quantitative estimate of drug-likeness (QED) is 0.653. The Morgan fingerprint density at radius 3 is 3.00 bits per heavy atom. The summed E-state index contributed by atoms with van der Waals surface area (Å²) in [5.41, 5.74) is 5.36. The molecule has 0 saturated heterocycles. The van der Waals surface area contributed by atoms with Crippen molar-refractivity contribution in [2.24, 2.45) is 5.73 Å². The molecule has 0 fully saturated rings. The minimum Gasteiger partial charge on any atom is -0.477 e. The Labute approximate surface area is 83.7 Å². The minimum atomic E-state index is 0.550. The molecule has 0 saturated carbocycles. The van der Waals surface area contributed by atoms with Gasteiger partial charge in [-0.3, -0.25) is 4.98 Å². The molecule has 0 atom stereocenters. The summed E-state index contributed by atoms with van der Waals surface area (Å²) in [6, 6.07) is 0. The van der Waals surface area contributed by atoms with Crippen molar-refractivity contribution < 1.29 is 4.74 Å². The number of aromatic nitrogens is 2. The number of ether oxygens (including phenoxy) is 1. The van der Waals surface area contributed by atoms with Gasteiger partial charge in [0, 0.05) is 7.05 Å². The van der Waals surface area contributed by atoms with Crippen molar-refractivity contribution in [1.29, 1.82) is 0 Å². The van der Waals surface area contributed by atoms with Gasteiger partial charge < -0.3 is 15.8 Å². The Balaban J connectivity index is 2.34. The van der Waals surface area contributed by atoms with Gasteiger partial charge in [0.15, 0.2) is 0 Å². The van der Waals surface area contributed by atoms with E-state index in [4.69, 9.17) is 10.5 Å². The molecule has 0 spiro atoms. The Morgan fingerprint density at radius 1 is 1.43 bits per heavy atom. The molecule has 1 aromatic rings. The van der Waals surface area contributed by atoms with E-state index in [1.807, 2.05) is 0 Å². The molecule has 5 heteroatoms. The first kappa shape index (κ1) is 10.7. The lowest BCUT2D eigenvalue weighted by Gasteiger charge is -2.05. The number of rotatable bonds is 6. The molecule has 0 amide bonds. The van der Waals surface area contributed by atoms with Gasteiger partial charge in [0.1, 0.15) is 5.82 Å². The van der Waals surface area contributed by atoms with Crippen LogP contribution in [0.2, 0.25) is 0 Å². The Kier molecular flexibility index (Phi) is 4.71. The predicted octanol–water partition coefficient (Wildman–Crippen LogP) is 0.636. The summed E-state index contributed by atoms with van der Waals surface area (Å²) in [5.74, 6) is 1.26. The van der Waals surface area contributed by atoms with E-state index in [1.165, 1.54) is 0 Å². The van der Waals surface area contributed by atoms with Gasteiger partial charge in [0.2, 0.25) is 5.88 Å². The molecule has 0 aliphatic carbocycles. The summed E-state index contributed by atoms with van der Waals surface area (Å²) in [4.78, 5) is 8.14. The second-order valence-corrected chi connectivity index (χ2v) is 2.84. The van der Waals surface area contributed by atoms with E-state index >= 15 is 0 Å². The summed E-state index contributed by atoms with van der Waals surface area (Å²) in [6.45, 7) is 1.34. The van der Waals surface area contributed by atoms with Gasteiger partial charge in [-0.15, -0.1) is 0 Å². The maximum absolute atomic E-state index is 5.38. The molecule has 78 valence electrons. The van der Waals surface area contributed by atoms with Gasteiger partial charge in [-0.05, 0) is 19.4 Å². The summed E-state index contributed by atoms with van der Waals surface area (Å²) < 4.78 is 5.38. The van der Waals surface area contributed by atoms with Gasteiger partial charge in [-0.25, -0.2) is 0 Å². The normalized spacial score (nSPS) is 9.86. The summed E-state index contributed by atoms with van der Waals surface area (Å²) >= 11 is 0. The molecule has 0 radical (unpaired) electrons. The number of hydrogen-bond acceptors (Lipinski definition) is 5. The van der Waals surface area contributed by atoms with Gasteiger partial charge in [0.05, 0.1) is 19.0 Å². The van der Waals surface area contributed by atoms with Crippen molar-refractivity contribution in [3.63, 3.8) is 0 Å². The average molecular weight is 196 g/mol. The second-order valence-electron chi connectivity index (χ2n) is 2.84. The lowest BCUT2D eigenvalue weighted by Crippen LogP contribution is -2.05. The molecule has 0 aliphatic heterocycles. The van der Waals surface area contributed by atoms with Crippen LogP contribution in [0.4, 0.5) is 5.82 Å². The van der Waals surface area contributed by atoms with Crippen molar-refractivity contribution in [3.05, 3.63) is 12.4 Å². The first-order valence-corrected chi connectivity index (χ1v) is 4.69. The van der Waals surface area contributed by atoms with Crippen LogP contribution in [-0.2, 0) is 0 Å². The van der Waals surface area contributed by atoms with E-state index in [9.17, 15) is 0 Å². The summed E-state index contributed by atoms with van der Waals surface area (Å²) in [7, 11) is 1.79. The maximum Gasteiger partial charge on any atom is 0.234 e. The summed E-state index contributed by atoms with van der Waals surface area (Å²) in [6.07, 6.45) is 5.16.